The van der Waals surface area contributed by atoms with Gasteiger partial charge in [0.05, 0.1) is 22.5 Å². The summed E-state index contributed by atoms with van der Waals surface area (Å²) >= 11 is 0. The van der Waals surface area contributed by atoms with E-state index >= 15 is 0 Å². The van der Waals surface area contributed by atoms with Crippen molar-refractivity contribution in [2.75, 3.05) is 13.3 Å². The van der Waals surface area contributed by atoms with Crippen molar-refractivity contribution in [3.8, 4) is 16.9 Å². The summed E-state index contributed by atoms with van der Waals surface area (Å²) in [6.45, 7) is -2.77. The molecule has 0 aliphatic rings. The number of halogens is 2. The van der Waals surface area contributed by atoms with Crippen LogP contribution in [0.4, 0.5) is 8.78 Å². The average Bonchev–Trinajstić information content (AvgIpc) is 3.29. The number of fused-ring (bicyclic) bond motifs is 1. The van der Waals surface area contributed by atoms with Crippen LogP contribution in [-0.4, -0.2) is 48.8 Å². The highest BCUT2D eigenvalue weighted by molar-refractivity contribution is 7.90. The zero-order chi connectivity index (χ0) is 29.1. The molecule has 41 heavy (non-hydrogen) atoms. The number of imidazole rings is 1. The van der Waals surface area contributed by atoms with Gasteiger partial charge in [-0.15, -0.1) is 0 Å². The molecule has 8 nitrogen and oxygen atoms in total. The van der Waals surface area contributed by atoms with Crippen molar-refractivity contribution in [1.82, 2.24) is 19.9 Å². The van der Waals surface area contributed by atoms with E-state index < -0.39 is 16.4 Å². The molecule has 0 saturated carbocycles. The van der Waals surface area contributed by atoms with Crippen LogP contribution in [0.5, 0.6) is 5.75 Å². The molecule has 3 aromatic carbocycles. The Morgan fingerprint density at radius 3 is 2.39 bits per heavy atom. The number of benzene rings is 3. The third kappa shape index (κ3) is 6.25. The monoisotopic (exact) mass is 576 g/mol. The van der Waals surface area contributed by atoms with Crippen molar-refractivity contribution < 1.29 is 26.7 Å². The number of carbonyl (C=O) groups is 1. The minimum Gasteiger partial charge on any atom is -0.434 e. The minimum absolute atomic E-state index is 0.0675. The number of nitrogens with zero attached hydrogens (tertiary/aromatic N) is 3. The van der Waals surface area contributed by atoms with E-state index in [1.54, 1.807) is 60.8 Å². The van der Waals surface area contributed by atoms with E-state index in [1.807, 2.05) is 22.8 Å². The number of alkyl halides is 2. The van der Waals surface area contributed by atoms with Gasteiger partial charge in [-0.25, -0.2) is 13.4 Å². The van der Waals surface area contributed by atoms with Crippen molar-refractivity contribution in [2.45, 2.75) is 24.5 Å². The lowest BCUT2D eigenvalue weighted by molar-refractivity contribution is -0.0504. The molecule has 210 valence electrons. The van der Waals surface area contributed by atoms with Gasteiger partial charge in [0.2, 0.25) is 0 Å². The molecular weight excluding hydrogens is 550 g/mol. The largest absolute Gasteiger partial charge is 0.434 e. The number of nitrogens with one attached hydrogen (secondary N) is 1. The first-order chi connectivity index (χ1) is 19.6. The normalized spacial score (nSPS) is 11.6. The van der Waals surface area contributed by atoms with Gasteiger partial charge in [-0.2, -0.15) is 8.78 Å². The molecule has 5 rings (SSSR count). The van der Waals surface area contributed by atoms with E-state index in [0.717, 1.165) is 28.5 Å². The predicted octanol–water partition coefficient (Wildman–Crippen LogP) is 5.10. The smallest absolute Gasteiger partial charge is 0.387 e. The van der Waals surface area contributed by atoms with Crippen LogP contribution < -0.4 is 10.1 Å². The van der Waals surface area contributed by atoms with Crippen LogP contribution in [0, 0.1) is 0 Å². The predicted molar refractivity (Wildman–Crippen MR) is 151 cm³/mol. The molecule has 0 atom stereocenters. The third-order valence-corrected chi connectivity index (χ3v) is 7.74. The second-order valence-corrected chi connectivity index (χ2v) is 11.4. The van der Waals surface area contributed by atoms with Gasteiger partial charge in [0.15, 0.2) is 9.84 Å². The third-order valence-electron chi connectivity index (χ3n) is 6.61. The standard InChI is InChI=1S/C30H26F2N4O4S/c1-33-29(37)25-14-10-21(17-34-25)20-9-13-24-26(16-20)36(18-22-5-3-4-6-27(22)40-30(31)32)28(35-24)15-19-7-11-23(12-8-19)41(2,38)39/h3-14,16-17,30H,15,18H2,1-2H3,(H,33,37). The minimum atomic E-state index is -3.34. The van der Waals surface area contributed by atoms with Crippen molar-refractivity contribution in [3.05, 3.63) is 108 Å². The summed E-state index contributed by atoms with van der Waals surface area (Å²) in [5.41, 5.74) is 4.74. The van der Waals surface area contributed by atoms with Gasteiger partial charge in [-0.1, -0.05) is 42.5 Å². The molecule has 0 radical (unpaired) electrons. The lowest BCUT2D eigenvalue weighted by Gasteiger charge is -2.14. The van der Waals surface area contributed by atoms with E-state index in [0.29, 0.717) is 29.0 Å². The number of para-hydroxylation sites is 1. The number of rotatable bonds is 9. The van der Waals surface area contributed by atoms with Gasteiger partial charge in [-0.05, 0) is 47.5 Å². The number of carbonyl (C=O) groups excluding carboxylic acids is 1. The quantitative estimate of drug-likeness (QED) is 0.262. The van der Waals surface area contributed by atoms with Crippen LogP contribution in [0.3, 0.4) is 0 Å². The fourth-order valence-electron chi connectivity index (χ4n) is 4.54. The molecule has 0 fully saturated rings. The van der Waals surface area contributed by atoms with Gasteiger partial charge in [0.25, 0.3) is 5.91 Å². The maximum atomic E-state index is 13.1. The van der Waals surface area contributed by atoms with E-state index in [9.17, 15) is 22.0 Å². The summed E-state index contributed by atoms with van der Waals surface area (Å²) in [6, 6.07) is 22.3. The Kier molecular flexibility index (Phi) is 7.80. The van der Waals surface area contributed by atoms with E-state index in [2.05, 4.69) is 10.3 Å². The Bertz CT molecular complexity index is 1820. The Morgan fingerprint density at radius 1 is 1.00 bits per heavy atom. The first-order valence-electron chi connectivity index (χ1n) is 12.6. The molecule has 0 spiro atoms. The number of amides is 1. The summed E-state index contributed by atoms with van der Waals surface area (Å²) in [7, 11) is -1.80. The van der Waals surface area contributed by atoms with Crippen LogP contribution in [0.1, 0.15) is 27.4 Å². The van der Waals surface area contributed by atoms with E-state index in [1.165, 1.54) is 13.1 Å². The summed E-state index contributed by atoms with van der Waals surface area (Å²) in [5, 5.41) is 2.54. The van der Waals surface area contributed by atoms with Crippen molar-refractivity contribution in [1.29, 1.82) is 0 Å². The van der Waals surface area contributed by atoms with Crippen LogP contribution in [0.2, 0.25) is 0 Å². The second kappa shape index (κ2) is 11.5. The van der Waals surface area contributed by atoms with Gasteiger partial charge in [0, 0.05) is 37.0 Å². The maximum absolute atomic E-state index is 13.1. The van der Waals surface area contributed by atoms with Gasteiger partial charge in [0.1, 0.15) is 17.3 Å². The van der Waals surface area contributed by atoms with Crippen molar-refractivity contribution >= 4 is 26.8 Å². The number of sulfone groups is 1. The number of hydrogen-bond donors (Lipinski definition) is 1. The molecular formula is C30H26F2N4O4S. The molecule has 11 heteroatoms. The Labute approximate surface area is 235 Å². The first kappa shape index (κ1) is 27.9. The van der Waals surface area contributed by atoms with E-state index in [-0.39, 0.29) is 23.1 Å². The van der Waals surface area contributed by atoms with Gasteiger partial charge < -0.3 is 14.6 Å². The lowest BCUT2D eigenvalue weighted by atomic mass is 10.1. The average molecular weight is 577 g/mol. The highest BCUT2D eigenvalue weighted by atomic mass is 32.2. The highest BCUT2D eigenvalue weighted by Crippen LogP contribution is 2.29. The summed E-state index contributed by atoms with van der Waals surface area (Å²) < 4.78 is 56.8. The zero-order valence-corrected chi connectivity index (χ0v) is 23.0. The van der Waals surface area contributed by atoms with Crippen LogP contribution >= 0.6 is 0 Å². The van der Waals surface area contributed by atoms with Crippen LogP contribution in [-0.2, 0) is 22.8 Å². The van der Waals surface area contributed by atoms with Crippen LogP contribution in [0.15, 0.2) is 90.0 Å². The van der Waals surface area contributed by atoms with Gasteiger partial charge >= 0.3 is 6.61 Å². The molecule has 1 N–H and O–H groups in total. The summed E-state index contributed by atoms with van der Waals surface area (Å²) in [6.07, 6.45) is 3.14. The first-order valence-corrected chi connectivity index (χ1v) is 14.5. The van der Waals surface area contributed by atoms with Crippen molar-refractivity contribution in [2.24, 2.45) is 0 Å². The zero-order valence-electron chi connectivity index (χ0n) is 22.2. The molecule has 0 unspecified atom stereocenters. The Morgan fingerprint density at radius 2 is 1.73 bits per heavy atom. The number of pyridine rings is 1. The summed E-state index contributed by atoms with van der Waals surface area (Å²) in [4.78, 5) is 21.2. The van der Waals surface area contributed by atoms with Crippen molar-refractivity contribution in [3.63, 3.8) is 0 Å². The molecule has 1 amide bonds. The summed E-state index contributed by atoms with van der Waals surface area (Å²) in [5.74, 6) is 0.436. The second-order valence-electron chi connectivity index (χ2n) is 9.41. The van der Waals surface area contributed by atoms with Crippen LogP contribution in [0.25, 0.3) is 22.2 Å². The SMILES string of the molecule is CNC(=O)c1ccc(-c2ccc3nc(Cc4ccc(S(C)(=O)=O)cc4)n(Cc4ccccc4OC(F)F)c3c2)cn1. The number of aromatic nitrogens is 3. The topological polar surface area (TPSA) is 103 Å². The van der Waals surface area contributed by atoms with E-state index in [4.69, 9.17) is 9.72 Å². The molecule has 5 aromatic rings. The molecule has 0 bridgehead atoms. The fraction of sp³-hybridized carbons (Fsp3) is 0.167. The molecule has 0 saturated heterocycles. The maximum Gasteiger partial charge on any atom is 0.387 e. The molecule has 0 aliphatic carbocycles. The number of hydrogen-bond acceptors (Lipinski definition) is 6. The Hall–Kier alpha value is -4.64. The molecule has 0 aliphatic heterocycles. The highest BCUT2D eigenvalue weighted by Gasteiger charge is 2.17. The number of ether oxygens (including phenoxy) is 1. The fourth-order valence-corrected chi connectivity index (χ4v) is 5.17. The molecule has 2 heterocycles. The lowest BCUT2D eigenvalue weighted by Crippen LogP contribution is -2.18. The molecule has 2 aromatic heterocycles. The van der Waals surface area contributed by atoms with Gasteiger partial charge in [-0.3, -0.25) is 9.78 Å². The Balaban J connectivity index is 1.59.